The van der Waals surface area contributed by atoms with Gasteiger partial charge in [0.25, 0.3) is 0 Å². The molecule has 0 unspecified atom stereocenters. The first-order valence-corrected chi connectivity index (χ1v) is 8.64. The Morgan fingerprint density at radius 3 is 1.27 bits per heavy atom. The maximum Gasteiger partial charge on any atom is 0.244 e. The average Bonchev–Trinajstić information content (AvgIpc) is 2.61. The zero-order valence-corrected chi connectivity index (χ0v) is 15.7. The van der Waals surface area contributed by atoms with Crippen LogP contribution in [-0.2, 0) is 20.7 Å². The van der Waals surface area contributed by atoms with E-state index in [1.165, 1.54) is 12.2 Å². The van der Waals surface area contributed by atoms with Crippen LogP contribution < -0.4 is 10.6 Å². The van der Waals surface area contributed by atoms with E-state index < -0.39 is 11.1 Å². The Morgan fingerprint density at radius 2 is 0.962 bits per heavy atom. The molecule has 0 radical (unpaired) electrons. The normalized spacial score (nSPS) is 12.0. The summed E-state index contributed by atoms with van der Waals surface area (Å²) in [6.07, 6.45) is 2.53. The second kappa shape index (κ2) is 8.00. The van der Waals surface area contributed by atoms with Crippen molar-refractivity contribution in [3.8, 4) is 0 Å². The number of nitrogens with one attached hydrogen (secondary N) is 2. The first kappa shape index (κ1) is 19.4. The highest BCUT2D eigenvalue weighted by Gasteiger charge is 2.23. The number of rotatable bonds is 6. The quantitative estimate of drug-likeness (QED) is 0.782. The van der Waals surface area contributed by atoms with Gasteiger partial charge >= 0.3 is 0 Å². The zero-order valence-electron chi connectivity index (χ0n) is 15.7. The van der Waals surface area contributed by atoms with Crippen molar-refractivity contribution in [1.29, 1.82) is 0 Å². The summed E-state index contributed by atoms with van der Waals surface area (Å²) in [7, 11) is 0. The van der Waals surface area contributed by atoms with E-state index in [2.05, 4.69) is 10.6 Å². The minimum Gasteiger partial charge on any atom is -0.344 e. The third-order valence-electron chi connectivity index (χ3n) is 4.25. The summed E-state index contributed by atoms with van der Waals surface area (Å²) in [5, 5.41) is 5.83. The van der Waals surface area contributed by atoms with Gasteiger partial charge in [-0.2, -0.15) is 0 Å². The Labute approximate surface area is 155 Å². The Hall–Kier alpha value is -2.88. The molecule has 0 aliphatic carbocycles. The van der Waals surface area contributed by atoms with Crippen molar-refractivity contribution < 1.29 is 9.59 Å². The third-order valence-corrected chi connectivity index (χ3v) is 4.25. The predicted octanol–water partition coefficient (Wildman–Crippen LogP) is 3.65. The smallest absolute Gasteiger partial charge is 0.244 e. The predicted molar refractivity (Wildman–Crippen MR) is 104 cm³/mol. The summed E-state index contributed by atoms with van der Waals surface area (Å²) in [6.45, 7) is 7.69. The second-order valence-corrected chi connectivity index (χ2v) is 7.29. The van der Waals surface area contributed by atoms with E-state index in [1.807, 2.05) is 88.4 Å². The van der Waals surface area contributed by atoms with Gasteiger partial charge in [-0.25, -0.2) is 0 Å². The number of hydrogen-bond donors (Lipinski definition) is 2. The van der Waals surface area contributed by atoms with E-state index in [0.29, 0.717) is 0 Å². The van der Waals surface area contributed by atoms with Gasteiger partial charge in [-0.3, -0.25) is 9.59 Å². The van der Waals surface area contributed by atoms with E-state index in [-0.39, 0.29) is 11.8 Å². The van der Waals surface area contributed by atoms with Gasteiger partial charge in [0.05, 0.1) is 11.1 Å². The fourth-order valence-corrected chi connectivity index (χ4v) is 2.70. The van der Waals surface area contributed by atoms with Gasteiger partial charge < -0.3 is 10.6 Å². The molecule has 0 bridgehead atoms. The van der Waals surface area contributed by atoms with Crippen LogP contribution in [0.4, 0.5) is 0 Å². The van der Waals surface area contributed by atoms with Crippen molar-refractivity contribution in [2.75, 3.05) is 0 Å². The van der Waals surface area contributed by atoms with Gasteiger partial charge in [0.1, 0.15) is 0 Å². The number of amides is 2. The fraction of sp³-hybridized carbons (Fsp3) is 0.273. The molecule has 0 aliphatic rings. The number of carbonyl (C=O) groups excluding carboxylic acids is 2. The lowest BCUT2D eigenvalue weighted by molar-refractivity contribution is -0.120. The van der Waals surface area contributed by atoms with Crippen molar-refractivity contribution in [2.45, 2.75) is 38.8 Å². The first-order valence-electron chi connectivity index (χ1n) is 8.64. The molecule has 0 aromatic heterocycles. The zero-order chi connectivity index (χ0) is 19.2. The Bertz CT molecular complexity index is 711. The van der Waals surface area contributed by atoms with Crippen LogP contribution in [-0.4, -0.2) is 11.8 Å². The molecular weight excluding hydrogens is 324 g/mol. The SMILES string of the molecule is CC(C)(NC(=O)/C=C/C(=O)NC(C)(C)c1ccccc1)c1ccccc1. The second-order valence-electron chi connectivity index (χ2n) is 7.29. The highest BCUT2D eigenvalue weighted by Crippen LogP contribution is 2.20. The van der Waals surface area contributed by atoms with E-state index in [0.717, 1.165) is 11.1 Å². The number of carbonyl (C=O) groups is 2. The summed E-state index contributed by atoms with van der Waals surface area (Å²) >= 11 is 0. The van der Waals surface area contributed by atoms with Gasteiger partial charge in [-0.15, -0.1) is 0 Å². The molecule has 0 spiro atoms. The summed E-state index contributed by atoms with van der Waals surface area (Å²) in [5.41, 5.74) is 0.943. The minimum absolute atomic E-state index is 0.313. The molecule has 0 saturated heterocycles. The molecule has 0 fully saturated rings. The molecular formula is C22H26N2O2. The molecule has 26 heavy (non-hydrogen) atoms. The molecule has 2 N–H and O–H groups in total. The lowest BCUT2D eigenvalue weighted by Crippen LogP contribution is -2.41. The standard InChI is InChI=1S/C22H26N2O2/c1-21(2,17-11-7-5-8-12-17)23-19(25)15-16-20(26)24-22(3,4)18-13-9-6-10-14-18/h5-16H,1-4H3,(H,23,25)(H,24,26)/b16-15+. The Balaban J connectivity index is 1.96. The Morgan fingerprint density at radius 1 is 0.654 bits per heavy atom. The molecule has 4 heteroatoms. The van der Waals surface area contributed by atoms with Crippen LogP contribution in [0.15, 0.2) is 72.8 Å². The van der Waals surface area contributed by atoms with E-state index in [9.17, 15) is 9.59 Å². The molecule has 2 amide bonds. The molecule has 2 aromatic rings. The van der Waals surface area contributed by atoms with Crippen LogP contribution in [0.5, 0.6) is 0 Å². The molecule has 2 rings (SSSR count). The van der Waals surface area contributed by atoms with Crippen molar-refractivity contribution in [3.63, 3.8) is 0 Å². The summed E-state index contributed by atoms with van der Waals surface area (Å²) in [5.74, 6) is -0.627. The van der Waals surface area contributed by atoms with Gasteiger partial charge in [0.15, 0.2) is 0 Å². The van der Waals surface area contributed by atoms with Gasteiger partial charge in [-0.1, -0.05) is 60.7 Å². The van der Waals surface area contributed by atoms with Crippen LogP contribution in [0, 0.1) is 0 Å². The van der Waals surface area contributed by atoms with Crippen molar-refractivity contribution >= 4 is 11.8 Å². The molecule has 0 saturated carbocycles. The highest BCUT2D eigenvalue weighted by atomic mass is 16.2. The van der Waals surface area contributed by atoms with Crippen molar-refractivity contribution in [3.05, 3.63) is 83.9 Å². The van der Waals surface area contributed by atoms with Crippen molar-refractivity contribution in [2.24, 2.45) is 0 Å². The molecule has 136 valence electrons. The molecule has 0 atom stereocenters. The Kier molecular flexibility index (Phi) is 5.98. The van der Waals surface area contributed by atoms with Gasteiger partial charge in [0, 0.05) is 12.2 Å². The van der Waals surface area contributed by atoms with Gasteiger partial charge in [-0.05, 0) is 38.8 Å². The van der Waals surface area contributed by atoms with E-state index in [4.69, 9.17) is 0 Å². The number of hydrogen-bond acceptors (Lipinski definition) is 2. The third kappa shape index (κ3) is 5.31. The van der Waals surface area contributed by atoms with E-state index in [1.54, 1.807) is 0 Å². The lowest BCUT2D eigenvalue weighted by atomic mass is 9.94. The fourth-order valence-electron chi connectivity index (χ4n) is 2.70. The highest BCUT2D eigenvalue weighted by molar-refractivity contribution is 5.97. The van der Waals surface area contributed by atoms with Crippen LogP contribution in [0.2, 0.25) is 0 Å². The maximum atomic E-state index is 12.2. The van der Waals surface area contributed by atoms with Crippen LogP contribution in [0.3, 0.4) is 0 Å². The molecule has 0 heterocycles. The lowest BCUT2D eigenvalue weighted by Gasteiger charge is -2.27. The topological polar surface area (TPSA) is 58.2 Å². The van der Waals surface area contributed by atoms with Crippen LogP contribution in [0.25, 0.3) is 0 Å². The van der Waals surface area contributed by atoms with Crippen LogP contribution in [0.1, 0.15) is 38.8 Å². The number of benzene rings is 2. The van der Waals surface area contributed by atoms with Crippen LogP contribution >= 0.6 is 0 Å². The molecule has 2 aromatic carbocycles. The van der Waals surface area contributed by atoms with Crippen molar-refractivity contribution in [1.82, 2.24) is 10.6 Å². The van der Waals surface area contributed by atoms with E-state index >= 15 is 0 Å². The minimum atomic E-state index is -0.525. The average molecular weight is 350 g/mol. The first-order chi connectivity index (χ1) is 12.2. The monoisotopic (exact) mass is 350 g/mol. The summed E-state index contributed by atoms with van der Waals surface area (Å²) < 4.78 is 0. The maximum absolute atomic E-state index is 12.2. The molecule has 0 aliphatic heterocycles. The van der Waals surface area contributed by atoms with Gasteiger partial charge in [0.2, 0.25) is 11.8 Å². The largest absolute Gasteiger partial charge is 0.344 e. The molecule has 4 nitrogen and oxygen atoms in total. The summed E-state index contributed by atoms with van der Waals surface area (Å²) in [4.78, 5) is 24.4. The summed E-state index contributed by atoms with van der Waals surface area (Å²) in [6, 6.07) is 19.4.